The van der Waals surface area contributed by atoms with Crippen molar-refractivity contribution in [3.05, 3.63) is 43.2 Å². The second kappa shape index (κ2) is 7.10. The van der Waals surface area contributed by atoms with Crippen LogP contribution in [-0.4, -0.2) is 22.1 Å². The quantitative estimate of drug-likeness (QED) is 0.735. The van der Waals surface area contributed by atoms with Crippen molar-refractivity contribution < 1.29 is 0 Å². The van der Waals surface area contributed by atoms with E-state index in [2.05, 4.69) is 46.6 Å². The zero-order valence-electron chi connectivity index (χ0n) is 11.7. The normalized spacial score (nSPS) is 12.7. The molecule has 1 N–H and O–H groups in total. The van der Waals surface area contributed by atoms with E-state index in [9.17, 15) is 0 Å². The van der Waals surface area contributed by atoms with Crippen molar-refractivity contribution in [2.45, 2.75) is 38.8 Å². The van der Waals surface area contributed by atoms with Gasteiger partial charge in [0.05, 0.1) is 17.4 Å². The molecule has 0 spiro atoms. The SMILES string of the molecule is C=CCCC(Cn1cnc2ccccc21)NCCC. The predicted octanol–water partition coefficient (Wildman–Crippen LogP) is 3.37. The third kappa shape index (κ3) is 3.67. The average Bonchev–Trinajstić information content (AvgIpc) is 2.85. The van der Waals surface area contributed by atoms with Crippen LogP contribution < -0.4 is 5.32 Å². The maximum Gasteiger partial charge on any atom is 0.0958 e. The lowest BCUT2D eigenvalue weighted by atomic mass is 10.1. The Morgan fingerprint density at radius 3 is 3.05 bits per heavy atom. The molecule has 0 fully saturated rings. The van der Waals surface area contributed by atoms with Gasteiger partial charge in [-0.1, -0.05) is 25.1 Å². The van der Waals surface area contributed by atoms with Gasteiger partial charge in [-0.05, 0) is 37.9 Å². The molecule has 0 aliphatic carbocycles. The molecule has 0 saturated carbocycles. The first-order valence-electron chi connectivity index (χ1n) is 7.09. The minimum Gasteiger partial charge on any atom is -0.329 e. The van der Waals surface area contributed by atoms with Gasteiger partial charge < -0.3 is 9.88 Å². The summed E-state index contributed by atoms with van der Waals surface area (Å²) in [4.78, 5) is 4.45. The fourth-order valence-electron chi connectivity index (χ4n) is 2.32. The summed E-state index contributed by atoms with van der Waals surface area (Å²) in [6.45, 7) is 8.04. The van der Waals surface area contributed by atoms with Gasteiger partial charge in [0.2, 0.25) is 0 Å². The summed E-state index contributed by atoms with van der Waals surface area (Å²) in [7, 11) is 0. The van der Waals surface area contributed by atoms with Crippen molar-refractivity contribution in [3.63, 3.8) is 0 Å². The summed E-state index contributed by atoms with van der Waals surface area (Å²) in [6, 6.07) is 8.77. The highest BCUT2D eigenvalue weighted by molar-refractivity contribution is 5.74. The van der Waals surface area contributed by atoms with Crippen LogP contribution in [0.4, 0.5) is 0 Å². The van der Waals surface area contributed by atoms with Crippen molar-refractivity contribution in [2.24, 2.45) is 0 Å². The van der Waals surface area contributed by atoms with Gasteiger partial charge in [-0.2, -0.15) is 0 Å². The van der Waals surface area contributed by atoms with Gasteiger partial charge in [-0.3, -0.25) is 0 Å². The molecule has 1 atom stereocenters. The average molecular weight is 257 g/mol. The number of hydrogen-bond acceptors (Lipinski definition) is 2. The highest BCUT2D eigenvalue weighted by Gasteiger charge is 2.09. The van der Waals surface area contributed by atoms with Crippen LogP contribution in [0, 0.1) is 0 Å². The Morgan fingerprint density at radius 2 is 2.26 bits per heavy atom. The molecule has 1 aromatic heterocycles. The van der Waals surface area contributed by atoms with Gasteiger partial charge in [0.15, 0.2) is 0 Å². The van der Waals surface area contributed by atoms with E-state index in [1.165, 1.54) is 5.52 Å². The smallest absolute Gasteiger partial charge is 0.0958 e. The van der Waals surface area contributed by atoms with Crippen molar-refractivity contribution >= 4 is 11.0 Å². The first-order valence-corrected chi connectivity index (χ1v) is 7.09. The maximum absolute atomic E-state index is 4.45. The van der Waals surface area contributed by atoms with E-state index in [4.69, 9.17) is 0 Å². The Morgan fingerprint density at radius 1 is 1.42 bits per heavy atom. The Kier molecular flexibility index (Phi) is 5.16. The Balaban J connectivity index is 2.08. The summed E-state index contributed by atoms with van der Waals surface area (Å²) >= 11 is 0. The molecule has 1 heterocycles. The van der Waals surface area contributed by atoms with Crippen molar-refractivity contribution in [1.82, 2.24) is 14.9 Å². The zero-order chi connectivity index (χ0) is 13.5. The number of aromatic nitrogens is 2. The molecule has 102 valence electrons. The van der Waals surface area contributed by atoms with Crippen LogP contribution in [0.3, 0.4) is 0 Å². The van der Waals surface area contributed by atoms with Crippen LogP contribution in [0.2, 0.25) is 0 Å². The van der Waals surface area contributed by atoms with Gasteiger partial charge in [0.1, 0.15) is 0 Å². The minimum absolute atomic E-state index is 0.482. The molecule has 2 aromatic rings. The van der Waals surface area contributed by atoms with E-state index in [1.54, 1.807) is 0 Å². The number of fused-ring (bicyclic) bond motifs is 1. The molecule has 0 bridgehead atoms. The maximum atomic E-state index is 4.45. The van der Waals surface area contributed by atoms with Crippen LogP contribution in [0.25, 0.3) is 11.0 Å². The second-order valence-corrected chi connectivity index (χ2v) is 4.90. The highest BCUT2D eigenvalue weighted by atomic mass is 15.1. The molecule has 1 aromatic carbocycles. The number of allylic oxidation sites excluding steroid dienone is 1. The second-order valence-electron chi connectivity index (χ2n) is 4.90. The lowest BCUT2D eigenvalue weighted by Crippen LogP contribution is -2.33. The third-order valence-electron chi connectivity index (χ3n) is 3.35. The zero-order valence-corrected chi connectivity index (χ0v) is 11.7. The van der Waals surface area contributed by atoms with E-state index in [0.717, 1.165) is 37.9 Å². The molecular formula is C16H23N3. The third-order valence-corrected chi connectivity index (χ3v) is 3.35. The van der Waals surface area contributed by atoms with Crippen LogP contribution in [0.15, 0.2) is 43.2 Å². The molecule has 0 amide bonds. The van der Waals surface area contributed by atoms with Gasteiger partial charge in [-0.25, -0.2) is 4.98 Å². The number of rotatable bonds is 8. The lowest BCUT2D eigenvalue weighted by Gasteiger charge is -2.18. The van der Waals surface area contributed by atoms with E-state index in [-0.39, 0.29) is 0 Å². The molecule has 0 aliphatic heterocycles. The monoisotopic (exact) mass is 257 g/mol. The summed E-state index contributed by atoms with van der Waals surface area (Å²) < 4.78 is 2.24. The van der Waals surface area contributed by atoms with Gasteiger partial charge in [0.25, 0.3) is 0 Å². The highest BCUT2D eigenvalue weighted by Crippen LogP contribution is 2.13. The van der Waals surface area contributed by atoms with Crippen LogP contribution in [0.1, 0.15) is 26.2 Å². The van der Waals surface area contributed by atoms with E-state index >= 15 is 0 Å². The molecule has 3 heteroatoms. The largest absolute Gasteiger partial charge is 0.329 e. The molecule has 0 aliphatic rings. The first kappa shape index (κ1) is 13.8. The van der Waals surface area contributed by atoms with Gasteiger partial charge >= 0.3 is 0 Å². The minimum atomic E-state index is 0.482. The Bertz CT molecular complexity index is 515. The molecule has 2 rings (SSSR count). The molecule has 0 radical (unpaired) electrons. The number of nitrogens with zero attached hydrogens (tertiary/aromatic N) is 2. The standard InChI is InChI=1S/C16H23N3/c1-3-5-8-14(17-11-4-2)12-19-13-18-15-9-6-7-10-16(15)19/h3,6-7,9-10,13-14,17H,1,4-5,8,11-12H2,2H3. The van der Waals surface area contributed by atoms with Gasteiger partial charge in [0, 0.05) is 12.6 Å². The Labute approximate surface area is 115 Å². The van der Waals surface area contributed by atoms with Crippen LogP contribution in [0.5, 0.6) is 0 Å². The Hall–Kier alpha value is -1.61. The number of nitrogens with one attached hydrogen (secondary N) is 1. The fraction of sp³-hybridized carbons (Fsp3) is 0.438. The van der Waals surface area contributed by atoms with Crippen molar-refractivity contribution in [2.75, 3.05) is 6.54 Å². The lowest BCUT2D eigenvalue weighted by molar-refractivity contribution is 0.431. The number of benzene rings is 1. The number of para-hydroxylation sites is 2. The molecule has 1 unspecified atom stereocenters. The van der Waals surface area contributed by atoms with Crippen LogP contribution >= 0.6 is 0 Å². The van der Waals surface area contributed by atoms with Crippen molar-refractivity contribution in [1.29, 1.82) is 0 Å². The first-order chi connectivity index (χ1) is 9.35. The topological polar surface area (TPSA) is 29.9 Å². The van der Waals surface area contributed by atoms with Gasteiger partial charge in [-0.15, -0.1) is 6.58 Å². The van der Waals surface area contributed by atoms with E-state index < -0.39 is 0 Å². The molecule has 0 saturated heterocycles. The van der Waals surface area contributed by atoms with Crippen LogP contribution in [-0.2, 0) is 6.54 Å². The molecular weight excluding hydrogens is 234 g/mol. The molecule has 19 heavy (non-hydrogen) atoms. The summed E-state index contributed by atoms with van der Waals surface area (Å²) in [5.41, 5.74) is 2.28. The van der Waals surface area contributed by atoms with E-state index in [0.29, 0.717) is 6.04 Å². The molecule has 3 nitrogen and oxygen atoms in total. The van der Waals surface area contributed by atoms with Crippen molar-refractivity contribution in [3.8, 4) is 0 Å². The predicted molar refractivity (Wildman–Crippen MR) is 81.2 cm³/mol. The summed E-state index contributed by atoms with van der Waals surface area (Å²) in [6.07, 6.45) is 7.27. The fourth-order valence-corrected chi connectivity index (χ4v) is 2.32. The summed E-state index contributed by atoms with van der Waals surface area (Å²) in [5.74, 6) is 0. The van der Waals surface area contributed by atoms with E-state index in [1.807, 2.05) is 18.5 Å². The number of imidazole rings is 1. The summed E-state index contributed by atoms with van der Waals surface area (Å²) in [5, 5.41) is 3.61. The number of hydrogen-bond donors (Lipinski definition) is 1.